The average molecular weight is 1650 g/mol. The smallest absolute Gasteiger partial charge is 0.375 e. The Bertz CT molecular complexity index is 3120. The van der Waals surface area contributed by atoms with Crippen molar-refractivity contribution >= 4 is 22.1 Å². The normalized spacial score (nSPS) is 28.6. The SMILES string of the molecule is FC(F)(F)C(F)(F)C(F)(F)C(F)(F)C(F)(F)CCOC12CC3CC(OCCC(F)(F)C(F)(F)C(F)(F)C(F)(F)C(F)(F)F)(C1)CC(c1sc(C45CC6CC(OCCC(F)(F)C(F)(F)C(F)(F)C(F)(F)C(F)(F)F)(CC(OCCC(F)(F)C(F)(F)C(F)(F)C(F)(F)C(F)(F)F)(C6)C4)C5)c4ccccc14)(C3)C2. The molecule has 608 valence electrons. The summed E-state index contributed by atoms with van der Waals surface area (Å²) in [5.41, 5.74) is -14.5. The zero-order valence-corrected chi connectivity index (χ0v) is 52.1. The van der Waals surface area contributed by atoms with E-state index in [9.17, 15) is 158 Å². The van der Waals surface area contributed by atoms with Crippen LogP contribution in [0.3, 0.4) is 0 Å². The third-order valence-electron chi connectivity index (χ3n) is 20.2. The van der Waals surface area contributed by atoms with Crippen molar-refractivity contribution in [2.75, 3.05) is 26.4 Å². The zero-order valence-electron chi connectivity index (χ0n) is 51.3. The molecule has 8 bridgehead atoms. The van der Waals surface area contributed by atoms with Gasteiger partial charge < -0.3 is 18.9 Å². The lowest BCUT2D eigenvalue weighted by atomic mass is 9.45. The maximum Gasteiger partial charge on any atom is 0.460 e. The minimum atomic E-state index is -8.03. The van der Waals surface area contributed by atoms with E-state index in [1.54, 1.807) is 0 Å². The molecule has 8 aliphatic rings. The summed E-state index contributed by atoms with van der Waals surface area (Å²) in [5.74, 6) is -124. The van der Waals surface area contributed by atoms with Gasteiger partial charge >= 0.3 is 119 Å². The molecule has 0 N–H and O–H groups in total. The lowest BCUT2D eigenvalue weighted by Crippen LogP contribution is -2.67. The van der Waals surface area contributed by atoms with E-state index in [0.717, 1.165) is 24.3 Å². The van der Waals surface area contributed by atoms with Crippen LogP contribution in [0.15, 0.2) is 24.3 Å². The minimum absolute atomic E-state index is 0.208. The lowest BCUT2D eigenvalue weighted by Gasteiger charge is -2.66. The molecule has 0 saturated heterocycles. The van der Waals surface area contributed by atoms with E-state index < -0.39 is 294 Å². The summed E-state index contributed by atoms with van der Waals surface area (Å²) >= 11 is 0.414. The standard InChI is InChI=1S/C56H46F44O4S/c57-37(58,41(65,66)45(73,74)49(81,82)53(89,90)91)5-9-101-33-15-25-13-31(19-33,20-34(16-25,23-33)102-10-6-38(59,60)42(67,68)46(75,76)50(83,84)54(92,93)94)29-27-3-1-2-4-28(27)30(105-29)32-14-26-17-35(21-32,103-11-7-39(61,62)43(69,70)47(77,78)51(85,86)55(95,96)97)24-36(18-26,22-32)104-12-8-40(63,64)44(71,72)48(79,80)52(87,88)56(98,99)100/h1-4,25-26H,5-24H2. The number of hydrogen-bond donors (Lipinski definition) is 0. The van der Waals surface area contributed by atoms with Crippen molar-refractivity contribution in [2.24, 2.45) is 11.8 Å². The van der Waals surface area contributed by atoms with Crippen molar-refractivity contribution in [2.45, 2.75) is 255 Å². The molecule has 4 nitrogen and oxygen atoms in total. The Morgan fingerprint density at radius 2 is 0.448 bits per heavy atom. The van der Waals surface area contributed by atoms with Crippen LogP contribution in [0.4, 0.5) is 193 Å². The third-order valence-corrected chi connectivity index (χ3v) is 21.9. The average Bonchev–Trinajstić information content (AvgIpc) is 1.63. The van der Waals surface area contributed by atoms with E-state index in [2.05, 4.69) is 0 Å². The Kier molecular flexibility index (Phi) is 20.4. The van der Waals surface area contributed by atoms with Gasteiger partial charge in [-0.25, -0.2) is 0 Å². The first-order valence-electron chi connectivity index (χ1n) is 29.7. The van der Waals surface area contributed by atoms with Gasteiger partial charge in [0.05, 0.1) is 48.8 Å². The Morgan fingerprint density at radius 3 is 0.629 bits per heavy atom. The molecule has 8 saturated carbocycles. The number of benzene rings is 1. The van der Waals surface area contributed by atoms with E-state index in [4.69, 9.17) is 18.9 Å². The van der Waals surface area contributed by atoms with Crippen LogP contribution in [0.25, 0.3) is 10.8 Å². The maximum atomic E-state index is 15.3. The van der Waals surface area contributed by atoms with Gasteiger partial charge in [-0.3, -0.25) is 0 Å². The highest BCUT2D eigenvalue weighted by atomic mass is 32.1. The van der Waals surface area contributed by atoms with Crippen LogP contribution in [0.1, 0.15) is 112 Å². The predicted molar refractivity (Wildman–Crippen MR) is 264 cm³/mol. The molecule has 10 rings (SSSR count). The highest BCUT2D eigenvalue weighted by Gasteiger charge is 2.91. The Morgan fingerprint density at radius 1 is 0.257 bits per heavy atom. The molecule has 1 heterocycles. The van der Waals surface area contributed by atoms with Crippen LogP contribution in [0.5, 0.6) is 0 Å². The van der Waals surface area contributed by atoms with E-state index in [1.165, 1.54) is 0 Å². The number of ether oxygens (including phenoxy) is 4. The topological polar surface area (TPSA) is 36.9 Å². The molecule has 8 fully saturated rings. The van der Waals surface area contributed by atoms with E-state index in [-0.39, 0.29) is 20.5 Å². The van der Waals surface area contributed by atoms with Gasteiger partial charge in [-0.05, 0) is 86.8 Å². The fourth-order valence-electron chi connectivity index (χ4n) is 16.2. The van der Waals surface area contributed by atoms with Gasteiger partial charge in [-0.1, -0.05) is 24.3 Å². The van der Waals surface area contributed by atoms with Crippen molar-refractivity contribution in [3.63, 3.8) is 0 Å². The molecule has 1 aromatic carbocycles. The number of thiophene rings is 1. The molecule has 2 aromatic rings. The summed E-state index contributed by atoms with van der Waals surface area (Å²) in [4.78, 5) is -0.514. The van der Waals surface area contributed by atoms with Gasteiger partial charge in [0.2, 0.25) is 0 Å². The molecular formula is C56H46F44O4S. The van der Waals surface area contributed by atoms with Crippen molar-refractivity contribution in [3.05, 3.63) is 34.0 Å². The Balaban J connectivity index is 1.23. The molecule has 0 spiro atoms. The fourth-order valence-corrected chi connectivity index (χ4v) is 17.9. The first kappa shape index (κ1) is 86.5. The first-order valence-corrected chi connectivity index (χ1v) is 30.6. The molecule has 0 radical (unpaired) electrons. The number of rotatable bonds is 30. The lowest BCUT2D eigenvalue weighted by molar-refractivity contribution is -0.423. The van der Waals surface area contributed by atoms with Crippen LogP contribution in [-0.2, 0) is 29.8 Å². The minimum Gasteiger partial charge on any atom is -0.375 e. The number of halogens is 44. The van der Waals surface area contributed by atoms with Crippen molar-refractivity contribution in [1.82, 2.24) is 0 Å². The molecule has 0 aliphatic heterocycles. The number of fused-ring (bicyclic) bond motifs is 1. The van der Waals surface area contributed by atoms with E-state index in [0.29, 0.717) is 11.3 Å². The van der Waals surface area contributed by atoms with Gasteiger partial charge in [0.15, 0.2) is 0 Å². The van der Waals surface area contributed by atoms with Gasteiger partial charge in [0.25, 0.3) is 0 Å². The van der Waals surface area contributed by atoms with Crippen LogP contribution in [0, 0.1) is 11.8 Å². The summed E-state index contributed by atoms with van der Waals surface area (Å²) < 4.78 is 644. The Hall–Kier alpha value is -4.06. The monoisotopic (exact) mass is 1650 g/mol. The van der Waals surface area contributed by atoms with Gasteiger partial charge in [0, 0.05) is 59.1 Å². The van der Waals surface area contributed by atoms with Crippen LogP contribution in [-0.4, -0.2) is 168 Å². The van der Waals surface area contributed by atoms with Crippen molar-refractivity contribution in [3.8, 4) is 0 Å². The summed E-state index contributed by atoms with van der Waals surface area (Å²) in [6.07, 6.45) is -52.6. The summed E-state index contributed by atoms with van der Waals surface area (Å²) in [7, 11) is 0. The fraction of sp³-hybridized carbons (Fsp3) is 0.857. The first-order chi connectivity index (χ1) is 46.4. The van der Waals surface area contributed by atoms with Gasteiger partial charge in [-0.2, -0.15) is 193 Å². The molecular weight excluding hydrogens is 1600 g/mol. The maximum absolute atomic E-state index is 15.3. The molecule has 4 unspecified atom stereocenters. The number of hydrogen-bond acceptors (Lipinski definition) is 5. The van der Waals surface area contributed by atoms with Crippen LogP contribution < -0.4 is 0 Å². The highest BCUT2D eigenvalue weighted by molar-refractivity contribution is 7.14. The summed E-state index contributed by atoms with van der Waals surface area (Å²) in [5, 5.41) is -0.416. The molecule has 8 aliphatic carbocycles. The molecule has 49 heteroatoms. The second kappa shape index (κ2) is 24.7. The Labute approximate surface area is 561 Å². The molecule has 105 heavy (non-hydrogen) atoms. The predicted octanol–water partition coefficient (Wildman–Crippen LogP) is 22.4. The van der Waals surface area contributed by atoms with Gasteiger partial charge in [0.1, 0.15) is 0 Å². The second-order valence-corrected chi connectivity index (χ2v) is 28.7. The summed E-state index contributed by atoms with van der Waals surface area (Å²) in [6.45, 7) is -8.76. The van der Waals surface area contributed by atoms with Gasteiger partial charge in [-0.15, -0.1) is 11.3 Å². The van der Waals surface area contributed by atoms with Crippen LogP contribution >= 0.6 is 11.3 Å². The third kappa shape index (κ3) is 12.9. The largest absolute Gasteiger partial charge is 0.460 e. The quantitative estimate of drug-likeness (QED) is 0.0731. The van der Waals surface area contributed by atoms with Crippen molar-refractivity contribution in [1.29, 1.82) is 0 Å². The zero-order chi connectivity index (χ0) is 81.0. The number of alkyl halides is 44. The second-order valence-electron chi connectivity index (χ2n) is 27.7. The summed E-state index contributed by atoms with van der Waals surface area (Å²) in [6, 6.07) is 4.43. The molecule has 1 aromatic heterocycles. The van der Waals surface area contributed by atoms with Crippen molar-refractivity contribution < 1.29 is 212 Å². The molecule has 4 atom stereocenters. The molecule has 0 amide bonds. The van der Waals surface area contributed by atoms with E-state index >= 15 is 35.1 Å². The highest BCUT2D eigenvalue weighted by Crippen LogP contribution is 2.73. The van der Waals surface area contributed by atoms with E-state index in [1.807, 2.05) is 0 Å². The van der Waals surface area contributed by atoms with Crippen LogP contribution in [0.2, 0.25) is 0 Å².